The Morgan fingerprint density at radius 1 is 1.47 bits per heavy atom. The molecule has 5 nitrogen and oxygen atoms in total. The van der Waals surface area contributed by atoms with Gasteiger partial charge in [0.1, 0.15) is 11.6 Å². The summed E-state index contributed by atoms with van der Waals surface area (Å²) >= 11 is 0. The molecule has 100 valence electrons. The fourth-order valence-electron chi connectivity index (χ4n) is 1.54. The molecule has 0 aliphatic carbocycles. The van der Waals surface area contributed by atoms with E-state index in [1.807, 2.05) is 0 Å². The van der Waals surface area contributed by atoms with Crippen LogP contribution in [0.25, 0.3) is 0 Å². The maximum Gasteiger partial charge on any atom is 0.274 e. The van der Waals surface area contributed by atoms with Crippen LogP contribution in [0.1, 0.15) is 21.7 Å². The van der Waals surface area contributed by atoms with Crippen molar-refractivity contribution >= 4 is 11.6 Å². The number of nitrogens with two attached hydrogens (primary N) is 1. The second kappa shape index (κ2) is 5.05. The van der Waals surface area contributed by atoms with E-state index in [0.29, 0.717) is 5.69 Å². The van der Waals surface area contributed by atoms with Crippen molar-refractivity contribution in [2.24, 2.45) is 0 Å². The molecular weight excluding hydrogens is 254 g/mol. The van der Waals surface area contributed by atoms with Gasteiger partial charge in [0.25, 0.3) is 5.91 Å². The highest BCUT2D eigenvalue weighted by Gasteiger charge is 2.15. The van der Waals surface area contributed by atoms with Crippen LogP contribution >= 0.6 is 0 Å². The molecule has 2 rings (SSSR count). The van der Waals surface area contributed by atoms with Gasteiger partial charge in [-0.15, -0.1) is 0 Å². The summed E-state index contributed by atoms with van der Waals surface area (Å²) in [6.07, 6.45) is 0. The fourth-order valence-corrected chi connectivity index (χ4v) is 1.54. The van der Waals surface area contributed by atoms with E-state index in [0.717, 1.165) is 12.1 Å². The van der Waals surface area contributed by atoms with Gasteiger partial charge in [-0.1, -0.05) is 6.07 Å². The third-order valence-electron chi connectivity index (χ3n) is 2.66. The number of carbonyl (C=O) groups excluding carboxylic acids is 1. The molecule has 0 aliphatic heterocycles. The van der Waals surface area contributed by atoms with Crippen LogP contribution in [0, 0.1) is 18.6 Å². The fraction of sp³-hybridized carbons (Fsp3) is 0.167. The molecule has 0 radical (unpaired) electrons. The number of aromatic amines is 1. The number of nitrogen functional groups attached to an aromatic ring is 1. The van der Waals surface area contributed by atoms with Gasteiger partial charge in [0.15, 0.2) is 5.69 Å². The van der Waals surface area contributed by atoms with Crippen LogP contribution in [0.4, 0.5) is 14.5 Å². The smallest absolute Gasteiger partial charge is 0.274 e. The molecule has 0 unspecified atom stereocenters. The van der Waals surface area contributed by atoms with Gasteiger partial charge < -0.3 is 11.1 Å². The van der Waals surface area contributed by atoms with Crippen molar-refractivity contribution in [2.45, 2.75) is 13.5 Å². The number of halogens is 2. The number of aromatic nitrogens is 2. The maximum absolute atomic E-state index is 13.3. The molecule has 1 heterocycles. The van der Waals surface area contributed by atoms with Gasteiger partial charge in [-0.3, -0.25) is 9.89 Å². The van der Waals surface area contributed by atoms with E-state index in [2.05, 4.69) is 15.5 Å². The minimum absolute atomic E-state index is 0.0556. The van der Waals surface area contributed by atoms with Crippen LogP contribution in [0.2, 0.25) is 0 Å². The van der Waals surface area contributed by atoms with E-state index >= 15 is 0 Å². The van der Waals surface area contributed by atoms with Gasteiger partial charge in [-0.2, -0.15) is 5.10 Å². The third kappa shape index (κ3) is 2.70. The van der Waals surface area contributed by atoms with Crippen LogP contribution in [0.15, 0.2) is 18.2 Å². The second-order valence-electron chi connectivity index (χ2n) is 4.03. The molecule has 1 amide bonds. The van der Waals surface area contributed by atoms with Gasteiger partial charge in [0, 0.05) is 18.2 Å². The lowest BCUT2D eigenvalue weighted by Gasteiger charge is -2.05. The lowest BCUT2D eigenvalue weighted by molar-refractivity contribution is 0.0946. The van der Waals surface area contributed by atoms with Crippen LogP contribution in [0.3, 0.4) is 0 Å². The van der Waals surface area contributed by atoms with Crippen molar-refractivity contribution in [1.82, 2.24) is 15.5 Å². The van der Waals surface area contributed by atoms with Gasteiger partial charge in [0.05, 0.1) is 11.4 Å². The average Bonchev–Trinajstić information content (AvgIpc) is 2.69. The van der Waals surface area contributed by atoms with Gasteiger partial charge in [-0.25, -0.2) is 8.78 Å². The minimum atomic E-state index is -0.716. The van der Waals surface area contributed by atoms with Crippen molar-refractivity contribution in [3.63, 3.8) is 0 Å². The molecule has 2 aromatic rings. The maximum atomic E-state index is 13.3. The zero-order valence-electron chi connectivity index (χ0n) is 10.1. The molecular formula is C12H12F2N4O. The lowest BCUT2D eigenvalue weighted by atomic mass is 10.2. The van der Waals surface area contributed by atoms with E-state index in [9.17, 15) is 13.6 Å². The molecule has 0 fully saturated rings. The number of rotatable bonds is 3. The minimum Gasteiger partial charge on any atom is -0.395 e. The highest BCUT2D eigenvalue weighted by Crippen LogP contribution is 2.13. The lowest BCUT2D eigenvalue weighted by Crippen LogP contribution is -2.24. The first kappa shape index (κ1) is 13.0. The number of hydrogen-bond donors (Lipinski definition) is 3. The molecule has 0 atom stereocenters. The number of aryl methyl sites for hydroxylation is 1. The standard InChI is InChI=1S/C12H12F2N4O/c1-6-10(15)11(18-17-6)12(19)16-5-7-2-3-8(13)4-9(7)14/h2-4H,5,15H2,1H3,(H,16,19)(H,17,18). The molecule has 4 N–H and O–H groups in total. The van der Waals surface area contributed by atoms with E-state index in [-0.39, 0.29) is 23.5 Å². The number of H-pyrrole nitrogens is 1. The first-order chi connectivity index (χ1) is 8.99. The Morgan fingerprint density at radius 2 is 2.21 bits per heavy atom. The Balaban J connectivity index is 2.06. The summed E-state index contributed by atoms with van der Waals surface area (Å²) in [5.74, 6) is -1.91. The molecule has 0 spiro atoms. The molecule has 0 saturated carbocycles. The number of hydrogen-bond acceptors (Lipinski definition) is 3. The topological polar surface area (TPSA) is 83.8 Å². The molecule has 0 saturated heterocycles. The molecule has 0 bridgehead atoms. The van der Waals surface area contributed by atoms with Crippen molar-refractivity contribution in [3.05, 3.63) is 46.8 Å². The van der Waals surface area contributed by atoms with Crippen LogP contribution in [-0.2, 0) is 6.54 Å². The number of anilines is 1. The van der Waals surface area contributed by atoms with E-state index in [1.165, 1.54) is 6.07 Å². The summed E-state index contributed by atoms with van der Waals surface area (Å²) in [4.78, 5) is 11.8. The normalized spacial score (nSPS) is 10.5. The van der Waals surface area contributed by atoms with E-state index in [1.54, 1.807) is 6.92 Å². The largest absolute Gasteiger partial charge is 0.395 e. The monoisotopic (exact) mass is 266 g/mol. The van der Waals surface area contributed by atoms with E-state index in [4.69, 9.17) is 5.73 Å². The molecule has 7 heteroatoms. The van der Waals surface area contributed by atoms with Gasteiger partial charge >= 0.3 is 0 Å². The first-order valence-corrected chi connectivity index (χ1v) is 5.51. The van der Waals surface area contributed by atoms with Crippen molar-refractivity contribution in [2.75, 3.05) is 5.73 Å². The Morgan fingerprint density at radius 3 is 2.79 bits per heavy atom. The van der Waals surface area contributed by atoms with Crippen LogP contribution in [-0.4, -0.2) is 16.1 Å². The highest BCUT2D eigenvalue weighted by molar-refractivity contribution is 5.97. The Kier molecular flexibility index (Phi) is 3.46. The summed E-state index contributed by atoms with van der Waals surface area (Å²) in [7, 11) is 0. The molecule has 1 aromatic carbocycles. The van der Waals surface area contributed by atoms with Crippen LogP contribution < -0.4 is 11.1 Å². The van der Waals surface area contributed by atoms with Crippen LogP contribution in [0.5, 0.6) is 0 Å². The second-order valence-corrected chi connectivity index (χ2v) is 4.03. The third-order valence-corrected chi connectivity index (χ3v) is 2.66. The summed E-state index contributed by atoms with van der Waals surface area (Å²) < 4.78 is 26.1. The summed E-state index contributed by atoms with van der Waals surface area (Å²) in [6.45, 7) is 1.61. The zero-order valence-corrected chi connectivity index (χ0v) is 10.1. The number of benzene rings is 1. The number of nitrogens with one attached hydrogen (secondary N) is 2. The SMILES string of the molecule is Cc1[nH]nc(C(=O)NCc2ccc(F)cc2F)c1N. The Labute approximate surface area is 107 Å². The predicted molar refractivity (Wildman–Crippen MR) is 65.3 cm³/mol. The quantitative estimate of drug-likeness (QED) is 0.787. The average molecular weight is 266 g/mol. The molecule has 1 aromatic heterocycles. The summed E-state index contributed by atoms with van der Waals surface area (Å²) in [6, 6.07) is 3.15. The Bertz CT molecular complexity index is 624. The predicted octanol–water partition coefficient (Wildman–Crippen LogP) is 1.51. The number of nitrogens with zero attached hydrogens (tertiary/aromatic N) is 1. The van der Waals surface area contributed by atoms with Crippen molar-refractivity contribution in [1.29, 1.82) is 0 Å². The highest BCUT2D eigenvalue weighted by atomic mass is 19.1. The van der Waals surface area contributed by atoms with Gasteiger partial charge in [-0.05, 0) is 13.0 Å². The summed E-state index contributed by atoms with van der Waals surface area (Å²) in [5.41, 5.74) is 6.71. The first-order valence-electron chi connectivity index (χ1n) is 5.51. The molecule has 0 aliphatic rings. The number of carbonyl (C=O) groups is 1. The van der Waals surface area contributed by atoms with Gasteiger partial charge in [0.2, 0.25) is 0 Å². The van der Waals surface area contributed by atoms with E-state index < -0.39 is 17.5 Å². The number of amides is 1. The molecule has 19 heavy (non-hydrogen) atoms. The van der Waals surface area contributed by atoms with Crippen molar-refractivity contribution in [3.8, 4) is 0 Å². The summed E-state index contributed by atoms with van der Waals surface area (Å²) in [5, 5.41) is 8.79. The zero-order chi connectivity index (χ0) is 14.0. The van der Waals surface area contributed by atoms with Crippen molar-refractivity contribution < 1.29 is 13.6 Å². The Hall–Kier alpha value is -2.44.